The average molecular weight is 330 g/mol. The third-order valence-electron chi connectivity index (χ3n) is 3.43. The number of hydrogen-bond donors (Lipinski definition) is 1. The summed E-state index contributed by atoms with van der Waals surface area (Å²) in [5.41, 5.74) is 1.86. The quantitative estimate of drug-likeness (QED) is 0.793. The maximum absolute atomic E-state index is 12.4. The highest BCUT2D eigenvalue weighted by atomic mass is 32.1. The van der Waals surface area contributed by atoms with E-state index in [0.717, 1.165) is 15.2 Å². The van der Waals surface area contributed by atoms with E-state index in [2.05, 4.69) is 15.4 Å². The molecule has 0 aliphatic rings. The van der Waals surface area contributed by atoms with E-state index >= 15 is 0 Å². The van der Waals surface area contributed by atoms with Gasteiger partial charge in [0.1, 0.15) is 5.75 Å². The number of benzene rings is 1. The molecular weight excluding hydrogens is 312 g/mol. The summed E-state index contributed by atoms with van der Waals surface area (Å²) in [6, 6.07) is 5.64. The molecular formula is C16H18N4O2S. The van der Waals surface area contributed by atoms with Crippen LogP contribution in [0.5, 0.6) is 5.75 Å². The van der Waals surface area contributed by atoms with E-state index in [1.165, 1.54) is 0 Å². The molecule has 0 unspecified atom stereocenters. The lowest BCUT2D eigenvalue weighted by Crippen LogP contribution is -2.14. The van der Waals surface area contributed by atoms with Gasteiger partial charge in [0.2, 0.25) is 0 Å². The molecule has 0 atom stereocenters. The van der Waals surface area contributed by atoms with Crippen LogP contribution < -0.4 is 10.1 Å². The summed E-state index contributed by atoms with van der Waals surface area (Å²) in [6.45, 7) is 5.98. The zero-order valence-corrected chi connectivity index (χ0v) is 14.3. The lowest BCUT2D eigenvalue weighted by Gasteiger charge is -2.09. The Kier molecular flexibility index (Phi) is 4.04. The number of carbonyl (C=O) groups is 1. The zero-order valence-electron chi connectivity index (χ0n) is 13.5. The third-order valence-corrected chi connectivity index (χ3v) is 4.37. The monoisotopic (exact) mass is 330 g/mol. The number of nitrogens with one attached hydrogen (secondary N) is 1. The minimum atomic E-state index is -0.261. The first-order valence-corrected chi connectivity index (χ1v) is 8.11. The van der Waals surface area contributed by atoms with Crippen LogP contribution in [0.25, 0.3) is 10.2 Å². The molecule has 1 amide bonds. The van der Waals surface area contributed by atoms with Crippen molar-refractivity contribution in [1.29, 1.82) is 0 Å². The fourth-order valence-corrected chi connectivity index (χ4v) is 3.12. The Morgan fingerprint density at radius 2 is 2.17 bits per heavy atom. The van der Waals surface area contributed by atoms with E-state index in [9.17, 15) is 4.79 Å². The number of nitrogens with zero attached hydrogens (tertiary/aromatic N) is 3. The van der Waals surface area contributed by atoms with Crippen LogP contribution in [0.4, 0.5) is 5.69 Å². The van der Waals surface area contributed by atoms with E-state index < -0.39 is 0 Å². The van der Waals surface area contributed by atoms with Gasteiger partial charge in [0, 0.05) is 18.3 Å². The van der Waals surface area contributed by atoms with Crippen molar-refractivity contribution in [2.75, 3.05) is 12.4 Å². The van der Waals surface area contributed by atoms with E-state index in [0.29, 0.717) is 17.1 Å². The minimum absolute atomic E-state index is 0.211. The van der Waals surface area contributed by atoms with Gasteiger partial charge in [-0.15, -0.1) is 11.3 Å². The van der Waals surface area contributed by atoms with Crippen molar-refractivity contribution in [3.05, 3.63) is 35.1 Å². The molecule has 23 heavy (non-hydrogen) atoms. The smallest absolute Gasteiger partial charge is 0.276 e. The second-order valence-corrected chi connectivity index (χ2v) is 6.72. The topological polar surface area (TPSA) is 69.0 Å². The predicted octanol–water partition coefficient (Wildman–Crippen LogP) is 3.64. The minimum Gasteiger partial charge on any atom is -0.494 e. The molecule has 0 aliphatic carbocycles. The first kappa shape index (κ1) is 15.5. The van der Waals surface area contributed by atoms with Crippen LogP contribution in [-0.4, -0.2) is 27.8 Å². The molecule has 0 saturated heterocycles. The van der Waals surface area contributed by atoms with Gasteiger partial charge in [0.25, 0.3) is 5.91 Å². The van der Waals surface area contributed by atoms with Gasteiger partial charge in [-0.2, -0.15) is 5.10 Å². The van der Waals surface area contributed by atoms with Gasteiger partial charge in [0.05, 0.1) is 28.0 Å². The summed E-state index contributed by atoms with van der Waals surface area (Å²) in [6.07, 6.45) is 1.80. The van der Waals surface area contributed by atoms with Gasteiger partial charge < -0.3 is 10.1 Å². The molecule has 6 nitrogen and oxygen atoms in total. The summed E-state index contributed by atoms with van der Waals surface area (Å²) in [5.74, 6) is 0.322. The maximum atomic E-state index is 12.4. The highest BCUT2D eigenvalue weighted by Gasteiger charge is 2.15. The SMILES string of the molecule is COc1cc2nc(C)sc2cc1NC(=O)c1ccn(C(C)C)n1. The Labute approximate surface area is 138 Å². The number of rotatable bonds is 4. The largest absolute Gasteiger partial charge is 0.494 e. The molecule has 2 aromatic heterocycles. The average Bonchev–Trinajstić information content (AvgIpc) is 3.11. The summed E-state index contributed by atoms with van der Waals surface area (Å²) in [5, 5.41) is 8.13. The molecule has 3 aromatic rings. The Balaban J connectivity index is 1.91. The Morgan fingerprint density at radius 1 is 1.39 bits per heavy atom. The van der Waals surface area contributed by atoms with E-state index in [1.54, 1.807) is 35.4 Å². The van der Waals surface area contributed by atoms with Crippen LogP contribution in [0.3, 0.4) is 0 Å². The molecule has 2 heterocycles. The number of anilines is 1. The first-order chi connectivity index (χ1) is 11.0. The van der Waals surface area contributed by atoms with Crippen LogP contribution in [0, 0.1) is 6.92 Å². The van der Waals surface area contributed by atoms with Crippen LogP contribution in [0.1, 0.15) is 35.4 Å². The highest BCUT2D eigenvalue weighted by molar-refractivity contribution is 7.18. The molecule has 1 N–H and O–H groups in total. The second-order valence-electron chi connectivity index (χ2n) is 5.48. The van der Waals surface area contributed by atoms with Crippen LogP contribution >= 0.6 is 11.3 Å². The van der Waals surface area contributed by atoms with Gasteiger partial charge in [-0.25, -0.2) is 4.98 Å². The molecule has 7 heteroatoms. The summed E-state index contributed by atoms with van der Waals surface area (Å²) < 4.78 is 8.12. The molecule has 0 fully saturated rings. The van der Waals surface area contributed by atoms with Crippen LogP contribution in [-0.2, 0) is 0 Å². The number of methoxy groups -OCH3 is 1. The van der Waals surface area contributed by atoms with Crippen LogP contribution in [0.2, 0.25) is 0 Å². The maximum Gasteiger partial charge on any atom is 0.276 e. The number of thiazole rings is 1. The molecule has 0 radical (unpaired) electrons. The number of aryl methyl sites for hydroxylation is 1. The van der Waals surface area contributed by atoms with Crippen molar-refractivity contribution in [2.45, 2.75) is 26.8 Å². The van der Waals surface area contributed by atoms with Gasteiger partial charge >= 0.3 is 0 Å². The lowest BCUT2D eigenvalue weighted by molar-refractivity contribution is 0.102. The third kappa shape index (κ3) is 3.05. The number of fused-ring (bicyclic) bond motifs is 1. The summed E-state index contributed by atoms with van der Waals surface area (Å²) >= 11 is 1.58. The molecule has 0 saturated carbocycles. The van der Waals surface area contributed by atoms with Gasteiger partial charge in [-0.05, 0) is 32.9 Å². The van der Waals surface area contributed by atoms with E-state index in [4.69, 9.17) is 4.74 Å². The molecule has 3 rings (SSSR count). The Bertz CT molecular complexity index is 866. The molecule has 1 aromatic carbocycles. The summed E-state index contributed by atoms with van der Waals surface area (Å²) in [4.78, 5) is 16.8. The number of ether oxygens (including phenoxy) is 1. The predicted molar refractivity (Wildman–Crippen MR) is 91.5 cm³/mol. The second kappa shape index (κ2) is 6.00. The Hall–Kier alpha value is -2.41. The van der Waals surface area contributed by atoms with Gasteiger partial charge in [-0.1, -0.05) is 0 Å². The normalized spacial score (nSPS) is 11.2. The van der Waals surface area contributed by atoms with Crippen molar-refractivity contribution >= 4 is 33.1 Å². The Morgan fingerprint density at radius 3 is 2.83 bits per heavy atom. The van der Waals surface area contributed by atoms with Crippen LogP contribution in [0.15, 0.2) is 24.4 Å². The van der Waals surface area contributed by atoms with E-state index in [1.807, 2.05) is 32.9 Å². The lowest BCUT2D eigenvalue weighted by atomic mass is 10.2. The molecule has 0 aliphatic heterocycles. The van der Waals surface area contributed by atoms with Crippen molar-refractivity contribution in [1.82, 2.24) is 14.8 Å². The van der Waals surface area contributed by atoms with E-state index in [-0.39, 0.29) is 11.9 Å². The molecule has 0 spiro atoms. The highest BCUT2D eigenvalue weighted by Crippen LogP contribution is 2.33. The zero-order chi connectivity index (χ0) is 16.6. The van der Waals surface area contributed by atoms with Crippen molar-refractivity contribution in [3.63, 3.8) is 0 Å². The van der Waals surface area contributed by atoms with Gasteiger partial charge in [0.15, 0.2) is 5.69 Å². The molecule has 120 valence electrons. The van der Waals surface area contributed by atoms with Gasteiger partial charge in [-0.3, -0.25) is 9.48 Å². The fourth-order valence-electron chi connectivity index (χ4n) is 2.27. The number of hydrogen-bond acceptors (Lipinski definition) is 5. The van der Waals surface area contributed by atoms with Crippen molar-refractivity contribution in [3.8, 4) is 5.75 Å². The number of amides is 1. The fraction of sp³-hybridized carbons (Fsp3) is 0.312. The van der Waals surface area contributed by atoms with Crippen molar-refractivity contribution < 1.29 is 9.53 Å². The first-order valence-electron chi connectivity index (χ1n) is 7.29. The number of aromatic nitrogens is 3. The van der Waals surface area contributed by atoms with Crippen molar-refractivity contribution in [2.24, 2.45) is 0 Å². The molecule has 0 bridgehead atoms. The standard InChI is InChI=1S/C16H18N4O2S/c1-9(2)20-6-5-11(19-20)16(21)18-12-8-15-13(7-14(12)22-4)17-10(3)23-15/h5-9H,1-4H3,(H,18,21). The number of carbonyl (C=O) groups excluding carboxylic acids is 1. The summed E-state index contributed by atoms with van der Waals surface area (Å²) in [7, 11) is 1.57.